The average Bonchev–Trinajstić information content (AvgIpc) is 3.67. The summed E-state index contributed by atoms with van der Waals surface area (Å²) in [5.74, 6) is 5.18. The molecule has 8 unspecified atom stereocenters. The van der Waals surface area contributed by atoms with Crippen molar-refractivity contribution >= 4 is 19.2 Å². The monoisotopic (exact) mass is 544 g/mol. The quantitative estimate of drug-likeness (QED) is 0.328. The standard InChI is InChI=1S/C39H48Si/c1-25(2)33-24-34-30(27-14-8-6-9-15-27)19-13-21-32(34)39(33)40(4,5)38-26(3)22-35-36(38)23-29-18-12-20-31(29)37(35)28-16-10-7-11-17-28/h6-11,13-17,19,21,23,25-26,32-36,38-39H,12,18,20,22,24H2,1-5H3. The summed E-state index contributed by atoms with van der Waals surface area (Å²) in [5.41, 5.74) is 11.5. The highest BCUT2D eigenvalue weighted by Crippen LogP contribution is 2.67. The molecule has 0 heterocycles. The lowest BCUT2D eigenvalue weighted by Gasteiger charge is -2.47. The van der Waals surface area contributed by atoms with Gasteiger partial charge in [-0.3, -0.25) is 0 Å². The molecular weight excluding hydrogens is 497 g/mol. The van der Waals surface area contributed by atoms with Crippen LogP contribution in [0, 0.1) is 41.4 Å². The van der Waals surface area contributed by atoms with Crippen molar-refractivity contribution in [2.75, 3.05) is 0 Å². The van der Waals surface area contributed by atoms with Gasteiger partial charge in [0.2, 0.25) is 0 Å². The van der Waals surface area contributed by atoms with Crippen LogP contribution in [-0.2, 0) is 0 Å². The summed E-state index contributed by atoms with van der Waals surface area (Å²) < 4.78 is 0. The Labute approximate surface area is 244 Å². The summed E-state index contributed by atoms with van der Waals surface area (Å²) >= 11 is 0. The molecule has 0 saturated heterocycles. The first kappa shape index (κ1) is 26.5. The Hall–Kier alpha value is -2.38. The third kappa shape index (κ3) is 4.13. The third-order valence-corrected chi connectivity index (χ3v) is 17.3. The number of hydrogen-bond acceptors (Lipinski definition) is 0. The predicted octanol–water partition coefficient (Wildman–Crippen LogP) is 10.8. The smallest absolute Gasteiger partial charge is 0.0553 e. The van der Waals surface area contributed by atoms with Gasteiger partial charge in [-0.25, -0.2) is 0 Å². The summed E-state index contributed by atoms with van der Waals surface area (Å²) in [4.78, 5) is 0. The summed E-state index contributed by atoms with van der Waals surface area (Å²) in [6.45, 7) is 13.4. The molecule has 3 saturated carbocycles. The van der Waals surface area contributed by atoms with E-state index in [9.17, 15) is 0 Å². The first-order chi connectivity index (χ1) is 19.4. The Morgan fingerprint density at radius 1 is 0.775 bits per heavy atom. The molecule has 208 valence electrons. The second-order valence-corrected chi connectivity index (χ2v) is 19.7. The molecule has 0 aromatic heterocycles. The van der Waals surface area contributed by atoms with Gasteiger partial charge in [0, 0.05) is 0 Å². The van der Waals surface area contributed by atoms with Crippen LogP contribution in [-0.4, -0.2) is 8.07 Å². The molecule has 0 bridgehead atoms. The van der Waals surface area contributed by atoms with Gasteiger partial charge in [0.1, 0.15) is 0 Å². The molecule has 0 radical (unpaired) electrons. The summed E-state index contributed by atoms with van der Waals surface area (Å²) in [7, 11) is -1.69. The molecule has 2 aromatic rings. The van der Waals surface area contributed by atoms with Gasteiger partial charge >= 0.3 is 0 Å². The molecule has 2 aromatic carbocycles. The van der Waals surface area contributed by atoms with Gasteiger partial charge in [0.25, 0.3) is 0 Å². The molecule has 0 nitrogen and oxygen atoms in total. The minimum absolute atomic E-state index is 0.676. The van der Waals surface area contributed by atoms with Crippen LogP contribution in [0.1, 0.15) is 64.0 Å². The zero-order valence-electron chi connectivity index (χ0n) is 25.3. The van der Waals surface area contributed by atoms with Gasteiger partial charge < -0.3 is 0 Å². The van der Waals surface area contributed by atoms with E-state index in [0.29, 0.717) is 17.8 Å². The van der Waals surface area contributed by atoms with E-state index in [4.69, 9.17) is 0 Å². The van der Waals surface area contributed by atoms with Crippen molar-refractivity contribution in [2.45, 2.75) is 77.1 Å². The number of hydrogen-bond donors (Lipinski definition) is 0. The molecule has 0 N–H and O–H groups in total. The molecule has 3 fully saturated rings. The molecule has 5 aliphatic carbocycles. The SMILES string of the molecule is CC(C)C1CC2C(c3ccccc3)=CC=CC2C1[Si](C)(C)C1C(C)CC2C(c3ccccc3)=C3CCCC3=CC21. The Kier molecular flexibility index (Phi) is 6.73. The number of fused-ring (bicyclic) bond motifs is 3. The highest BCUT2D eigenvalue weighted by Gasteiger charge is 2.59. The van der Waals surface area contributed by atoms with E-state index < -0.39 is 8.07 Å². The minimum atomic E-state index is -1.69. The number of rotatable bonds is 5. The zero-order chi connectivity index (χ0) is 27.6. The molecule has 1 heteroatoms. The van der Waals surface area contributed by atoms with Gasteiger partial charge in [0.15, 0.2) is 0 Å². The summed E-state index contributed by atoms with van der Waals surface area (Å²) in [5, 5.41) is 0. The van der Waals surface area contributed by atoms with Crippen molar-refractivity contribution in [3.05, 3.63) is 107 Å². The molecule has 7 rings (SSSR count). The molecule has 0 amide bonds. The second-order valence-electron chi connectivity index (χ2n) is 14.8. The van der Waals surface area contributed by atoms with Crippen LogP contribution in [0.15, 0.2) is 96.1 Å². The predicted molar refractivity (Wildman–Crippen MR) is 175 cm³/mol. The second kappa shape index (κ2) is 10.2. The molecule has 5 aliphatic rings. The van der Waals surface area contributed by atoms with E-state index in [2.05, 4.69) is 119 Å². The molecular formula is C39H48Si. The van der Waals surface area contributed by atoms with E-state index >= 15 is 0 Å². The normalized spacial score (nSPS) is 35.0. The first-order valence-corrected chi connectivity index (χ1v) is 19.4. The Morgan fingerprint density at radius 3 is 2.17 bits per heavy atom. The fraction of sp³-hybridized carbons (Fsp3) is 0.487. The van der Waals surface area contributed by atoms with Crippen LogP contribution in [0.25, 0.3) is 11.1 Å². The van der Waals surface area contributed by atoms with Crippen molar-refractivity contribution in [1.29, 1.82) is 0 Å². The zero-order valence-corrected chi connectivity index (χ0v) is 26.3. The maximum Gasteiger partial charge on any atom is 0.0553 e. The van der Waals surface area contributed by atoms with E-state index in [1.807, 2.05) is 0 Å². The van der Waals surface area contributed by atoms with Crippen LogP contribution >= 0.6 is 0 Å². The highest BCUT2D eigenvalue weighted by molar-refractivity contribution is 6.80. The average molecular weight is 545 g/mol. The fourth-order valence-corrected chi connectivity index (χ4v) is 17.2. The van der Waals surface area contributed by atoms with E-state index in [1.165, 1.54) is 43.2 Å². The lowest BCUT2D eigenvalue weighted by atomic mass is 9.76. The van der Waals surface area contributed by atoms with Gasteiger partial charge in [-0.15, -0.1) is 0 Å². The Balaban J connectivity index is 1.27. The van der Waals surface area contributed by atoms with Crippen LogP contribution in [0.5, 0.6) is 0 Å². The van der Waals surface area contributed by atoms with Crippen molar-refractivity contribution in [1.82, 2.24) is 0 Å². The van der Waals surface area contributed by atoms with Gasteiger partial charge in [-0.05, 0) is 118 Å². The van der Waals surface area contributed by atoms with E-state index in [-0.39, 0.29) is 0 Å². The maximum absolute atomic E-state index is 2.85. The maximum atomic E-state index is 2.85. The minimum Gasteiger partial charge on any atom is -0.0808 e. The summed E-state index contributed by atoms with van der Waals surface area (Å²) in [6.07, 6.45) is 17.1. The Morgan fingerprint density at radius 2 is 1.48 bits per heavy atom. The van der Waals surface area contributed by atoms with Crippen LogP contribution in [0.2, 0.25) is 24.2 Å². The molecule has 8 atom stereocenters. The Bertz CT molecular complexity index is 1370. The third-order valence-electron chi connectivity index (χ3n) is 12.1. The van der Waals surface area contributed by atoms with E-state index in [0.717, 1.165) is 34.8 Å². The number of benzene rings is 2. The van der Waals surface area contributed by atoms with Crippen molar-refractivity contribution in [2.24, 2.45) is 41.4 Å². The van der Waals surface area contributed by atoms with Gasteiger partial charge in [-0.2, -0.15) is 0 Å². The molecule has 0 aliphatic heterocycles. The van der Waals surface area contributed by atoms with E-state index in [1.54, 1.807) is 22.3 Å². The lowest BCUT2D eigenvalue weighted by Crippen LogP contribution is -2.46. The lowest BCUT2D eigenvalue weighted by molar-refractivity contribution is 0.372. The van der Waals surface area contributed by atoms with Gasteiger partial charge in [-0.1, -0.05) is 119 Å². The van der Waals surface area contributed by atoms with Crippen LogP contribution in [0.3, 0.4) is 0 Å². The topological polar surface area (TPSA) is 0 Å². The van der Waals surface area contributed by atoms with Gasteiger partial charge in [0.05, 0.1) is 8.07 Å². The molecule has 0 spiro atoms. The van der Waals surface area contributed by atoms with Crippen LogP contribution in [0.4, 0.5) is 0 Å². The highest BCUT2D eigenvalue weighted by atomic mass is 28.3. The van der Waals surface area contributed by atoms with Crippen molar-refractivity contribution < 1.29 is 0 Å². The van der Waals surface area contributed by atoms with Crippen LogP contribution < -0.4 is 0 Å². The first-order valence-electron chi connectivity index (χ1n) is 16.3. The van der Waals surface area contributed by atoms with Crippen molar-refractivity contribution in [3.8, 4) is 0 Å². The number of allylic oxidation sites excluding steroid dienone is 8. The fourth-order valence-electron chi connectivity index (χ4n) is 10.8. The largest absolute Gasteiger partial charge is 0.0808 e. The molecule has 40 heavy (non-hydrogen) atoms. The van der Waals surface area contributed by atoms with Crippen molar-refractivity contribution in [3.63, 3.8) is 0 Å². The summed E-state index contributed by atoms with van der Waals surface area (Å²) in [6, 6.07) is 22.8.